The molecule has 0 radical (unpaired) electrons. The third-order valence-electron chi connectivity index (χ3n) is 8.87. The number of ketones is 1. The number of rotatable bonds is 15. The second-order valence-corrected chi connectivity index (χ2v) is 17.9. The Labute approximate surface area is 299 Å². The van der Waals surface area contributed by atoms with Crippen LogP contribution in [0.25, 0.3) is 10.4 Å². The van der Waals surface area contributed by atoms with E-state index in [1.807, 2.05) is 42.5 Å². The van der Waals surface area contributed by atoms with E-state index in [0.29, 0.717) is 30.6 Å². The Morgan fingerprint density at radius 2 is 1.38 bits per heavy atom. The lowest BCUT2D eigenvalue weighted by molar-refractivity contribution is 0.102. The molecule has 50 heavy (non-hydrogen) atoms. The van der Waals surface area contributed by atoms with E-state index in [1.165, 1.54) is 12.1 Å². The van der Waals surface area contributed by atoms with Crippen molar-refractivity contribution in [3.8, 4) is 0 Å². The molecule has 0 atom stereocenters. The van der Waals surface area contributed by atoms with Crippen molar-refractivity contribution in [3.63, 3.8) is 0 Å². The molecule has 0 amide bonds. The molecule has 13 heteroatoms. The van der Waals surface area contributed by atoms with Crippen molar-refractivity contribution in [2.75, 3.05) is 36.0 Å². The van der Waals surface area contributed by atoms with Gasteiger partial charge in [0, 0.05) is 64.1 Å². The van der Waals surface area contributed by atoms with Gasteiger partial charge in [0.05, 0.1) is 9.79 Å². The highest BCUT2D eigenvalue weighted by Gasteiger charge is 2.26. The number of Topliss-reactive ketones (excluding diaryl/α,β-unsaturated/α-hetero) is 1. The van der Waals surface area contributed by atoms with Crippen molar-refractivity contribution in [2.24, 2.45) is 9.93 Å². The first-order chi connectivity index (χ1) is 23.8. The first-order valence-electron chi connectivity index (χ1n) is 16.3. The molecule has 4 aromatic carbocycles. The van der Waals surface area contributed by atoms with Gasteiger partial charge in [0.25, 0.3) is 10.0 Å². The fourth-order valence-corrected chi connectivity index (χ4v) is 8.61. The molecule has 0 aliphatic carbocycles. The lowest BCUT2D eigenvalue weighted by Crippen LogP contribution is -2.37. The first kappa shape index (κ1) is 37.1. The zero-order valence-corrected chi connectivity index (χ0v) is 30.6. The summed E-state index contributed by atoms with van der Waals surface area (Å²) in [4.78, 5) is 21.1. The minimum absolute atomic E-state index is 0.0841. The monoisotopic (exact) mass is 731 g/mol. The molecule has 1 heterocycles. The van der Waals surface area contributed by atoms with Gasteiger partial charge in [0.1, 0.15) is 5.75 Å². The predicted octanol–water partition coefficient (Wildman–Crippen LogP) is 7.76. The Hall–Kier alpha value is -4.13. The Morgan fingerprint density at radius 3 is 1.94 bits per heavy atom. The zero-order chi connectivity index (χ0) is 35.8. The van der Waals surface area contributed by atoms with E-state index in [-0.39, 0.29) is 9.79 Å². The molecule has 0 spiro atoms. The van der Waals surface area contributed by atoms with Crippen molar-refractivity contribution in [2.45, 2.75) is 54.5 Å². The van der Waals surface area contributed by atoms with Crippen LogP contribution in [0, 0.1) is 5.41 Å². The summed E-state index contributed by atoms with van der Waals surface area (Å²) in [6, 6.07) is 30.1. The molecule has 0 bridgehead atoms. The number of carbonyl (C=O) groups is 1. The molecule has 1 saturated heterocycles. The Kier molecular flexibility index (Phi) is 12.1. The van der Waals surface area contributed by atoms with Gasteiger partial charge in [-0.15, -0.1) is 11.8 Å². The number of sulfone groups is 1. The Balaban J connectivity index is 1.23. The van der Waals surface area contributed by atoms with Crippen LogP contribution in [0.5, 0.6) is 0 Å². The third-order valence-corrected chi connectivity index (χ3v) is 12.7. The lowest BCUT2D eigenvalue weighted by Gasteiger charge is -2.38. The molecule has 4 aromatic rings. The average Bonchev–Trinajstić information content (AvgIpc) is 3.09. The number of carbonyl (C=O) groups excluding carboxylic acids is 1. The lowest BCUT2D eigenvalue weighted by atomic mass is 9.82. The van der Waals surface area contributed by atoms with E-state index >= 15 is 0 Å². The van der Waals surface area contributed by atoms with Crippen molar-refractivity contribution >= 4 is 43.1 Å². The molecule has 0 aromatic heterocycles. The van der Waals surface area contributed by atoms with Crippen LogP contribution in [0.15, 0.2) is 122 Å². The third kappa shape index (κ3) is 10.2. The van der Waals surface area contributed by atoms with Gasteiger partial charge in [0.15, 0.2) is 15.6 Å². The fraction of sp³-hybridized carbons (Fsp3) is 0.324. The van der Waals surface area contributed by atoms with Crippen LogP contribution in [0.3, 0.4) is 0 Å². The van der Waals surface area contributed by atoms with E-state index < -0.39 is 31.4 Å². The smallest absolute Gasteiger partial charge is 0.264 e. The van der Waals surface area contributed by atoms with Crippen LogP contribution in [-0.4, -0.2) is 58.7 Å². The maximum absolute atomic E-state index is 13.3. The van der Waals surface area contributed by atoms with Crippen molar-refractivity contribution in [3.05, 3.63) is 130 Å². The van der Waals surface area contributed by atoms with E-state index in [2.05, 4.69) is 33.1 Å². The van der Waals surface area contributed by atoms with E-state index in [4.69, 9.17) is 5.53 Å². The number of sulfonamides is 1. The minimum atomic E-state index is -4.08. The first-order valence-corrected chi connectivity index (χ1v) is 20.4. The summed E-state index contributed by atoms with van der Waals surface area (Å²) in [5.74, 6) is -0.266. The van der Waals surface area contributed by atoms with Crippen LogP contribution in [0.2, 0.25) is 0 Å². The number of hydrogen-bond donors (Lipinski definition) is 0. The van der Waals surface area contributed by atoms with E-state index in [0.717, 1.165) is 53.4 Å². The van der Waals surface area contributed by atoms with Gasteiger partial charge < -0.3 is 4.90 Å². The molecule has 262 valence electrons. The van der Waals surface area contributed by atoms with Gasteiger partial charge in [-0.05, 0) is 95.6 Å². The Morgan fingerprint density at radius 1 is 0.820 bits per heavy atom. The second-order valence-electron chi connectivity index (χ2n) is 13.2. The number of nitrogens with zero attached hydrogens (tertiary/aromatic N) is 5. The van der Waals surface area contributed by atoms with Crippen LogP contribution in [0.4, 0.5) is 5.69 Å². The quantitative estimate of drug-likeness (QED) is 0.0397. The fourth-order valence-electron chi connectivity index (χ4n) is 5.77. The highest BCUT2D eigenvalue weighted by molar-refractivity contribution is 7.99. The van der Waals surface area contributed by atoms with Crippen molar-refractivity contribution in [1.29, 1.82) is 0 Å². The standard InChI is InChI=1S/C37H41N5O5S3/c1-37(2)20-22-42(23-21-37)32-14-12-31(13-15-32)36(43)28-49(44,45)34-16-8-29(9-17-34)26-41(24-25-48-33-6-4-3-5-7-33)27-30-10-18-35(19-11-30)50(46,47)40-39-38/h3-19H,20-28H2,1-2H3. The summed E-state index contributed by atoms with van der Waals surface area (Å²) in [6.07, 6.45) is 2.19. The largest absolute Gasteiger partial charge is 0.371 e. The number of thioether (sulfide) groups is 1. The average molecular weight is 732 g/mol. The molecule has 0 N–H and O–H groups in total. The molecule has 0 unspecified atom stereocenters. The van der Waals surface area contributed by atoms with E-state index in [9.17, 15) is 21.6 Å². The van der Waals surface area contributed by atoms with Gasteiger partial charge in [-0.3, -0.25) is 9.69 Å². The van der Waals surface area contributed by atoms with Gasteiger partial charge >= 0.3 is 0 Å². The summed E-state index contributed by atoms with van der Waals surface area (Å²) >= 11 is 1.72. The summed E-state index contributed by atoms with van der Waals surface area (Å²) in [6.45, 7) is 8.17. The summed E-state index contributed by atoms with van der Waals surface area (Å²) in [5, 5.41) is 0. The highest BCUT2D eigenvalue weighted by Crippen LogP contribution is 2.32. The molecular formula is C37H41N5O5S3. The van der Waals surface area contributed by atoms with Crippen LogP contribution in [0.1, 0.15) is 48.2 Å². The van der Waals surface area contributed by atoms with Crippen LogP contribution >= 0.6 is 11.8 Å². The van der Waals surface area contributed by atoms with Gasteiger partial charge in [-0.1, -0.05) is 56.3 Å². The van der Waals surface area contributed by atoms with Gasteiger partial charge in [-0.25, -0.2) is 16.8 Å². The molecule has 0 saturated carbocycles. The molecular weight excluding hydrogens is 691 g/mol. The second kappa shape index (κ2) is 16.3. The number of azide groups is 1. The van der Waals surface area contributed by atoms with Gasteiger partial charge in [0.2, 0.25) is 0 Å². The normalized spacial score (nSPS) is 14.7. The zero-order valence-electron chi connectivity index (χ0n) is 28.2. The maximum Gasteiger partial charge on any atom is 0.264 e. The molecule has 1 aliphatic heterocycles. The summed E-state index contributed by atoms with van der Waals surface area (Å²) in [7, 11) is -7.94. The highest BCUT2D eigenvalue weighted by atomic mass is 32.2. The topological polar surface area (TPSA) is 141 Å². The number of benzene rings is 4. The summed E-state index contributed by atoms with van der Waals surface area (Å²) in [5.41, 5.74) is 12.1. The molecule has 1 aliphatic rings. The van der Waals surface area contributed by atoms with E-state index in [1.54, 1.807) is 60.3 Å². The maximum atomic E-state index is 13.3. The van der Waals surface area contributed by atoms with Crippen LogP contribution in [-0.2, 0) is 33.0 Å². The SMILES string of the molecule is CC1(C)CCN(c2ccc(C(=O)CS(=O)(=O)c3ccc(CN(CCSc4ccccc4)Cc4ccc(S(=O)(=O)N=[N+]=[N-])cc4)cc3)cc2)CC1. The molecule has 5 rings (SSSR count). The van der Waals surface area contributed by atoms with Crippen molar-refractivity contribution < 1.29 is 21.6 Å². The predicted molar refractivity (Wildman–Crippen MR) is 199 cm³/mol. The van der Waals surface area contributed by atoms with Gasteiger partial charge in [-0.2, -0.15) is 0 Å². The number of hydrogen-bond acceptors (Lipinski definition) is 8. The molecule has 1 fully saturated rings. The number of piperidine rings is 1. The minimum Gasteiger partial charge on any atom is -0.371 e. The van der Waals surface area contributed by atoms with Crippen molar-refractivity contribution in [1.82, 2.24) is 4.90 Å². The Bertz CT molecular complexity index is 2020. The summed E-state index contributed by atoms with van der Waals surface area (Å²) < 4.78 is 53.6. The van der Waals surface area contributed by atoms with Crippen LogP contribution < -0.4 is 4.90 Å². The number of anilines is 1. The molecule has 10 nitrogen and oxygen atoms in total.